The smallest absolute Gasteiger partial charge is 0.234 e. The highest BCUT2D eigenvalue weighted by atomic mass is 32.1. The summed E-state index contributed by atoms with van der Waals surface area (Å²) in [5.41, 5.74) is 5.32. The summed E-state index contributed by atoms with van der Waals surface area (Å²) in [6, 6.07) is 3.51. The fourth-order valence-electron chi connectivity index (χ4n) is 1.42. The lowest BCUT2D eigenvalue weighted by molar-refractivity contribution is -0.130. The molecule has 1 unspecified atom stereocenters. The number of nitrogens with two attached hydrogens (primary N) is 1. The van der Waals surface area contributed by atoms with Crippen molar-refractivity contribution in [1.82, 2.24) is 5.32 Å². The Morgan fingerprint density at radius 2 is 2.24 bits per heavy atom. The summed E-state index contributed by atoms with van der Waals surface area (Å²) >= 11 is 1.63. The molecular formula is C11H18N2O3S. The molecule has 0 fully saturated rings. The highest BCUT2D eigenvalue weighted by molar-refractivity contribution is 7.09. The van der Waals surface area contributed by atoms with E-state index < -0.39 is 18.2 Å². The van der Waals surface area contributed by atoms with Crippen LogP contribution in [0.2, 0.25) is 0 Å². The number of methoxy groups -OCH3 is 2. The fraction of sp³-hybridized carbons (Fsp3) is 0.545. The minimum absolute atomic E-state index is 0.397. The van der Waals surface area contributed by atoms with Crippen LogP contribution in [0.4, 0.5) is 0 Å². The van der Waals surface area contributed by atoms with E-state index in [9.17, 15) is 4.79 Å². The lowest BCUT2D eigenvalue weighted by Gasteiger charge is -2.20. The number of rotatable bonds is 8. The minimum Gasteiger partial charge on any atom is -0.368 e. The van der Waals surface area contributed by atoms with Crippen molar-refractivity contribution < 1.29 is 14.3 Å². The second-order valence-electron chi connectivity index (χ2n) is 3.55. The Hall–Kier alpha value is -0.950. The summed E-state index contributed by atoms with van der Waals surface area (Å²) in [4.78, 5) is 12.4. The largest absolute Gasteiger partial charge is 0.368 e. The van der Waals surface area contributed by atoms with E-state index in [4.69, 9.17) is 15.2 Å². The van der Waals surface area contributed by atoms with Crippen LogP contribution in [0, 0.1) is 0 Å². The predicted molar refractivity (Wildman–Crippen MR) is 66.6 cm³/mol. The zero-order valence-corrected chi connectivity index (χ0v) is 10.8. The van der Waals surface area contributed by atoms with E-state index in [2.05, 4.69) is 5.32 Å². The molecule has 1 aromatic heterocycles. The molecule has 0 aliphatic rings. The lowest BCUT2D eigenvalue weighted by Crippen LogP contribution is -2.43. The monoisotopic (exact) mass is 258 g/mol. The number of amides is 1. The normalized spacial score (nSPS) is 12.9. The van der Waals surface area contributed by atoms with Gasteiger partial charge < -0.3 is 20.5 Å². The van der Waals surface area contributed by atoms with Crippen molar-refractivity contribution in [2.45, 2.75) is 25.3 Å². The molecule has 96 valence electrons. The molecule has 0 aliphatic heterocycles. The van der Waals surface area contributed by atoms with Crippen LogP contribution in [0.25, 0.3) is 0 Å². The third-order valence-electron chi connectivity index (χ3n) is 2.40. The molecule has 0 saturated carbocycles. The third kappa shape index (κ3) is 4.82. The third-order valence-corrected chi connectivity index (χ3v) is 3.28. The van der Waals surface area contributed by atoms with Crippen molar-refractivity contribution in [2.24, 2.45) is 5.73 Å². The van der Waals surface area contributed by atoms with Crippen molar-refractivity contribution in [3.8, 4) is 0 Å². The lowest BCUT2D eigenvalue weighted by atomic mass is 10.2. The summed E-state index contributed by atoms with van der Waals surface area (Å²) in [5, 5.41) is 5.09. The van der Waals surface area contributed by atoms with Crippen LogP contribution in [0.1, 0.15) is 11.3 Å². The van der Waals surface area contributed by atoms with Crippen LogP contribution < -0.4 is 11.1 Å². The van der Waals surface area contributed by atoms with Crippen LogP contribution in [-0.2, 0) is 20.8 Å². The molecule has 1 amide bonds. The Labute approximate surface area is 105 Å². The van der Waals surface area contributed by atoms with Crippen LogP contribution >= 0.6 is 11.3 Å². The Morgan fingerprint density at radius 3 is 2.71 bits per heavy atom. The maximum atomic E-state index is 11.3. The van der Waals surface area contributed by atoms with Gasteiger partial charge in [0.15, 0.2) is 6.29 Å². The van der Waals surface area contributed by atoms with Gasteiger partial charge in [-0.2, -0.15) is 0 Å². The highest BCUT2D eigenvalue weighted by Crippen LogP contribution is 2.09. The van der Waals surface area contributed by atoms with Gasteiger partial charge in [0.25, 0.3) is 0 Å². The zero-order chi connectivity index (χ0) is 12.7. The molecule has 0 aliphatic carbocycles. The van der Waals surface area contributed by atoms with Crippen molar-refractivity contribution in [2.75, 3.05) is 14.2 Å². The zero-order valence-electron chi connectivity index (χ0n) is 10.0. The summed E-state index contributed by atoms with van der Waals surface area (Å²) in [6.07, 6.45) is -0.0309. The van der Waals surface area contributed by atoms with Gasteiger partial charge in [-0.15, -0.1) is 11.3 Å². The Balaban J connectivity index is 2.45. The number of nitrogens with one attached hydrogen (secondary N) is 1. The SMILES string of the molecule is COC(CC(NCc1cccs1)C(N)=O)OC. The fourth-order valence-corrected chi connectivity index (χ4v) is 2.07. The van der Waals surface area contributed by atoms with Crippen LogP contribution in [0.5, 0.6) is 0 Å². The standard InChI is InChI=1S/C11H18N2O3S/c1-15-10(16-2)6-9(11(12)14)13-7-8-4-3-5-17-8/h3-5,9-10,13H,6-7H2,1-2H3,(H2,12,14). The molecule has 0 radical (unpaired) electrons. The summed E-state index contributed by atoms with van der Waals surface area (Å²) < 4.78 is 10.1. The maximum absolute atomic E-state index is 11.3. The molecule has 0 spiro atoms. The van der Waals surface area contributed by atoms with Gasteiger partial charge in [-0.05, 0) is 11.4 Å². The number of hydrogen-bond acceptors (Lipinski definition) is 5. The average Bonchev–Trinajstić information content (AvgIpc) is 2.82. The first-order valence-electron chi connectivity index (χ1n) is 5.28. The van der Waals surface area contributed by atoms with E-state index in [-0.39, 0.29) is 0 Å². The van der Waals surface area contributed by atoms with Gasteiger partial charge in [0.05, 0.1) is 6.04 Å². The van der Waals surface area contributed by atoms with Crippen LogP contribution in [-0.4, -0.2) is 32.5 Å². The van der Waals surface area contributed by atoms with E-state index >= 15 is 0 Å². The van der Waals surface area contributed by atoms with Gasteiger partial charge in [-0.3, -0.25) is 4.79 Å². The predicted octanol–water partition coefficient (Wildman–Crippen LogP) is 0.701. The highest BCUT2D eigenvalue weighted by Gasteiger charge is 2.20. The quantitative estimate of drug-likeness (QED) is 0.673. The molecule has 17 heavy (non-hydrogen) atoms. The van der Waals surface area contributed by atoms with Gasteiger partial charge in [0, 0.05) is 32.1 Å². The maximum Gasteiger partial charge on any atom is 0.234 e. The second kappa shape index (κ2) is 7.39. The average molecular weight is 258 g/mol. The molecule has 1 aromatic rings. The molecule has 6 heteroatoms. The van der Waals surface area contributed by atoms with Crippen LogP contribution in [0.15, 0.2) is 17.5 Å². The summed E-state index contributed by atoms with van der Waals surface area (Å²) in [6.45, 7) is 0.616. The molecule has 1 rings (SSSR count). The van der Waals surface area contributed by atoms with E-state index in [0.717, 1.165) is 4.88 Å². The Morgan fingerprint density at radius 1 is 1.53 bits per heavy atom. The molecule has 0 bridgehead atoms. The summed E-state index contributed by atoms with van der Waals surface area (Å²) in [7, 11) is 3.07. The Kier molecular flexibility index (Phi) is 6.13. The Bertz CT molecular complexity index is 325. The van der Waals surface area contributed by atoms with Gasteiger partial charge in [-0.1, -0.05) is 6.07 Å². The number of carbonyl (C=O) groups is 1. The first kappa shape index (κ1) is 14.1. The van der Waals surface area contributed by atoms with E-state index in [0.29, 0.717) is 13.0 Å². The molecule has 1 heterocycles. The van der Waals surface area contributed by atoms with Gasteiger partial charge in [0.2, 0.25) is 5.91 Å². The topological polar surface area (TPSA) is 73.6 Å². The van der Waals surface area contributed by atoms with Crippen molar-refractivity contribution in [3.05, 3.63) is 22.4 Å². The number of hydrogen-bond donors (Lipinski definition) is 2. The first-order valence-corrected chi connectivity index (χ1v) is 6.16. The van der Waals surface area contributed by atoms with Crippen LogP contribution in [0.3, 0.4) is 0 Å². The van der Waals surface area contributed by atoms with Gasteiger partial charge in [-0.25, -0.2) is 0 Å². The molecule has 3 N–H and O–H groups in total. The number of thiophene rings is 1. The van der Waals surface area contributed by atoms with Crippen molar-refractivity contribution in [1.29, 1.82) is 0 Å². The van der Waals surface area contributed by atoms with E-state index in [1.807, 2.05) is 17.5 Å². The number of carbonyl (C=O) groups excluding carboxylic acids is 1. The number of ether oxygens (including phenoxy) is 2. The molecular weight excluding hydrogens is 240 g/mol. The van der Waals surface area contributed by atoms with E-state index in [1.165, 1.54) is 14.2 Å². The van der Waals surface area contributed by atoms with E-state index in [1.54, 1.807) is 11.3 Å². The van der Waals surface area contributed by atoms with Crippen molar-refractivity contribution >= 4 is 17.2 Å². The molecule has 1 atom stereocenters. The second-order valence-corrected chi connectivity index (χ2v) is 4.58. The van der Waals surface area contributed by atoms with Crippen molar-refractivity contribution in [3.63, 3.8) is 0 Å². The first-order chi connectivity index (χ1) is 8.17. The van der Waals surface area contributed by atoms with Gasteiger partial charge in [0.1, 0.15) is 0 Å². The molecule has 5 nitrogen and oxygen atoms in total. The number of primary amides is 1. The molecule has 0 aromatic carbocycles. The molecule has 0 saturated heterocycles. The van der Waals surface area contributed by atoms with Gasteiger partial charge >= 0.3 is 0 Å². The minimum atomic E-state index is -0.456. The summed E-state index contributed by atoms with van der Waals surface area (Å²) in [5.74, 6) is -0.402.